The molecule has 126 valence electrons. The van der Waals surface area contributed by atoms with Gasteiger partial charge in [-0.25, -0.2) is 0 Å². The summed E-state index contributed by atoms with van der Waals surface area (Å²) in [5.74, 6) is -2.08. The molecule has 0 aliphatic carbocycles. The Morgan fingerprint density at radius 1 is 1.48 bits per heavy atom. The molecular weight excluding hydrogens is 300 g/mol. The molecule has 1 aromatic heterocycles. The van der Waals surface area contributed by atoms with Crippen molar-refractivity contribution in [1.82, 2.24) is 9.80 Å². The van der Waals surface area contributed by atoms with Gasteiger partial charge < -0.3 is 19.3 Å². The molecule has 0 saturated carbocycles. The van der Waals surface area contributed by atoms with Gasteiger partial charge in [0.15, 0.2) is 0 Å². The molecule has 0 spiro atoms. The molecule has 0 radical (unpaired) electrons. The topological polar surface area (TPSA) is 91.1 Å². The second-order valence-electron chi connectivity index (χ2n) is 6.06. The number of carboxylic acid groups (broad SMARTS) is 1. The van der Waals surface area contributed by atoms with E-state index in [1.165, 1.54) is 17.4 Å². The fourth-order valence-electron chi connectivity index (χ4n) is 2.82. The van der Waals surface area contributed by atoms with Gasteiger partial charge in [0.1, 0.15) is 6.26 Å². The van der Waals surface area contributed by atoms with Gasteiger partial charge in [-0.05, 0) is 18.9 Å². The van der Waals surface area contributed by atoms with E-state index in [0.29, 0.717) is 25.1 Å². The first-order chi connectivity index (χ1) is 10.9. The van der Waals surface area contributed by atoms with E-state index in [2.05, 4.69) is 0 Å². The highest BCUT2D eigenvalue weighted by Crippen LogP contribution is 2.21. The third-order valence-corrected chi connectivity index (χ3v) is 4.17. The molecule has 1 saturated heterocycles. The highest BCUT2D eigenvalue weighted by molar-refractivity contribution is 5.94. The van der Waals surface area contributed by atoms with E-state index in [-0.39, 0.29) is 24.3 Å². The summed E-state index contributed by atoms with van der Waals surface area (Å²) in [6.07, 6.45) is 4.30. The van der Waals surface area contributed by atoms with Crippen molar-refractivity contribution in [3.05, 3.63) is 24.2 Å². The smallest absolute Gasteiger partial charge is 0.308 e. The molecule has 2 heterocycles. The van der Waals surface area contributed by atoms with Crippen molar-refractivity contribution in [1.29, 1.82) is 0 Å². The summed E-state index contributed by atoms with van der Waals surface area (Å²) in [5, 5.41) is 8.94. The van der Waals surface area contributed by atoms with Gasteiger partial charge in [0.05, 0.1) is 23.7 Å². The van der Waals surface area contributed by atoms with Gasteiger partial charge in [0, 0.05) is 26.7 Å². The van der Waals surface area contributed by atoms with E-state index >= 15 is 0 Å². The first kappa shape index (κ1) is 17.1. The molecule has 2 amide bonds. The van der Waals surface area contributed by atoms with Crippen LogP contribution in [-0.2, 0) is 9.59 Å². The summed E-state index contributed by atoms with van der Waals surface area (Å²) < 4.78 is 4.93. The number of hydrogen-bond acceptors (Lipinski definition) is 4. The summed E-state index contributed by atoms with van der Waals surface area (Å²) >= 11 is 0. The SMILES string of the molecule is C[C@H](CN(C)C(=O)[C@@H]1CCCN(C(=O)c2ccoc2)C1)C(=O)O. The fraction of sp³-hybridized carbons (Fsp3) is 0.562. The lowest BCUT2D eigenvalue weighted by Gasteiger charge is -2.34. The first-order valence-electron chi connectivity index (χ1n) is 7.69. The minimum absolute atomic E-state index is 0.109. The maximum absolute atomic E-state index is 12.5. The number of piperidine rings is 1. The standard InChI is InChI=1S/C16H22N2O5/c1-11(16(21)22)8-17(2)14(19)12-4-3-6-18(9-12)15(20)13-5-7-23-10-13/h5,7,10-12H,3-4,6,8-9H2,1-2H3,(H,21,22)/t11-,12-/m1/s1. The molecule has 1 aliphatic heterocycles. The number of rotatable bonds is 5. The zero-order valence-corrected chi connectivity index (χ0v) is 13.4. The molecule has 0 aromatic carbocycles. The number of carboxylic acids is 1. The largest absolute Gasteiger partial charge is 0.481 e. The first-order valence-corrected chi connectivity index (χ1v) is 7.69. The highest BCUT2D eigenvalue weighted by Gasteiger charge is 2.31. The minimum Gasteiger partial charge on any atom is -0.481 e. The van der Waals surface area contributed by atoms with Crippen molar-refractivity contribution in [2.75, 3.05) is 26.7 Å². The van der Waals surface area contributed by atoms with Crippen LogP contribution in [0.25, 0.3) is 0 Å². The molecule has 0 unspecified atom stereocenters. The Kier molecular flexibility index (Phi) is 5.41. The molecule has 2 atom stereocenters. The third kappa shape index (κ3) is 4.12. The summed E-state index contributed by atoms with van der Waals surface area (Å²) in [6.45, 7) is 2.71. The van der Waals surface area contributed by atoms with Crippen LogP contribution in [0.3, 0.4) is 0 Å². The van der Waals surface area contributed by atoms with Gasteiger partial charge in [0.25, 0.3) is 5.91 Å². The quantitative estimate of drug-likeness (QED) is 0.882. The van der Waals surface area contributed by atoms with Crippen molar-refractivity contribution in [3.8, 4) is 0 Å². The van der Waals surface area contributed by atoms with Gasteiger partial charge in [-0.3, -0.25) is 14.4 Å². The van der Waals surface area contributed by atoms with E-state index in [0.717, 1.165) is 6.42 Å². The summed E-state index contributed by atoms with van der Waals surface area (Å²) in [7, 11) is 1.61. The summed E-state index contributed by atoms with van der Waals surface area (Å²) in [6, 6.07) is 1.61. The fourth-order valence-corrected chi connectivity index (χ4v) is 2.82. The number of amides is 2. The van der Waals surface area contributed by atoms with Crippen molar-refractivity contribution >= 4 is 17.8 Å². The Bertz CT molecular complexity index is 569. The number of nitrogens with zero attached hydrogens (tertiary/aromatic N) is 2. The summed E-state index contributed by atoms with van der Waals surface area (Å²) in [4.78, 5) is 38.8. The lowest BCUT2D eigenvalue weighted by atomic mass is 9.95. The van der Waals surface area contributed by atoms with Crippen molar-refractivity contribution in [3.63, 3.8) is 0 Å². The molecular formula is C16H22N2O5. The van der Waals surface area contributed by atoms with Gasteiger partial charge in [-0.2, -0.15) is 0 Å². The van der Waals surface area contributed by atoms with Crippen LogP contribution >= 0.6 is 0 Å². The zero-order chi connectivity index (χ0) is 17.0. The predicted octanol–water partition coefficient (Wildman–Crippen LogP) is 1.31. The van der Waals surface area contributed by atoms with E-state index in [4.69, 9.17) is 9.52 Å². The molecule has 1 N–H and O–H groups in total. The van der Waals surface area contributed by atoms with Crippen LogP contribution in [-0.4, -0.2) is 59.4 Å². The maximum Gasteiger partial charge on any atom is 0.308 e. The van der Waals surface area contributed by atoms with Crippen LogP contribution in [0.2, 0.25) is 0 Å². The molecule has 1 fully saturated rings. The van der Waals surface area contributed by atoms with Crippen LogP contribution in [0.4, 0.5) is 0 Å². The molecule has 7 heteroatoms. The second kappa shape index (κ2) is 7.30. The van der Waals surface area contributed by atoms with Crippen LogP contribution in [0.1, 0.15) is 30.1 Å². The maximum atomic E-state index is 12.5. The van der Waals surface area contributed by atoms with Crippen LogP contribution in [0.5, 0.6) is 0 Å². The minimum atomic E-state index is -0.926. The van der Waals surface area contributed by atoms with E-state index in [1.54, 1.807) is 24.9 Å². The number of hydrogen-bond donors (Lipinski definition) is 1. The van der Waals surface area contributed by atoms with Crippen molar-refractivity contribution in [2.45, 2.75) is 19.8 Å². The normalized spacial score (nSPS) is 19.2. The number of likely N-dealkylation sites (tertiary alicyclic amines) is 1. The number of carbonyl (C=O) groups is 3. The van der Waals surface area contributed by atoms with E-state index in [1.807, 2.05) is 0 Å². The molecule has 1 aromatic rings. The summed E-state index contributed by atoms with van der Waals surface area (Å²) in [5.41, 5.74) is 0.478. The van der Waals surface area contributed by atoms with E-state index in [9.17, 15) is 14.4 Å². The number of carbonyl (C=O) groups excluding carboxylic acids is 2. The Morgan fingerprint density at radius 2 is 2.22 bits per heavy atom. The Morgan fingerprint density at radius 3 is 2.83 bits per heavy atom. The molecule has 0 bridgehead atoms. The molecule has 2 rings (SSSR count). The molecule has 1 aliphatic rings. The second-order valence-corrected chi connectivity index (χ2v) is 6.06. The highest BCUT2D eigenvalue weighted by atomic mass is 16.4. The lowest BCUT2D eigenvalue weighted by Crippen LogP contribution is -2.46. The van der Waals surface area contributed by atoms with Gasteiger partial charge in [0.2, 0.25) is 5.91 Å². The number of furan rings is 1. The van der Waals surface area contributed by atoms with Crippen LogP contribution < -0.4 is 0 Å². The zero-order valence-electron chi connectivity index (χ0n) is 13.4. The number of aliphatic carboxylic acids is 1. The average Bonchev–Trinajstić information content (AvgIpc) is 3.07. The lowest BCUT2D eigenvalue weighted by molar-refractivity contribution is -0.143. The average molecular weight is 322 g/mol. The van der Waals surface area contributed by atoms with Crippen molar-refractivity contribution < 1.29 is 23.9 Å². The third-order valence-electron chi connectivity index (χ3n) is 4.17. The Hall–Kier alpha value is -2.31. The van der Waals surface area contributed by atoms with Crippen LogP contribution in [0, 0.1) is 11.8 Å². The molecule has 7 nitrogen and oxygen atoms in total. The van der Waals surface area contributed by atoms with Crippen molar-refractivity contribution in [2.24, 2.45) is 11.8 Å². The van der Waals surface area contributed by atoms with Gasteiger partial charge >= 0.3 is 5.97 Å². The van der Waals surface area contributed by atoms with Crippen LogP contribution in [0.15, 0.2) is 23.0 Å². The predicted molar refractivity (Wildman–Crippen MR) is 81.8 cm³/mol. The van der Waals surface area contributed by atoms with Gasteiger partial charge in [-0.1, -0.05) is 6.92 Å². The van der Waals surface area contributed by atoms with Gasteiger partial charge in [-0.15, -0.1) is 0 Å². The van der Waals surface area contributed by atoms with E-state index < -0.39 is 11.9 Å². The molecule has 23 heavy (non-hydrogen) atoms. The Balaban J connectivity index is 1.96. The monoisotopic (exact) mass is 322 g/mol. The Labute approximate surface area is 134 Å².